The Kier molecular flexibility index (Phi) is 6.25. The molecule has 0 spiro atoms. The van der Waals surface area contributed by atoms with Gasteiger partial charge in [0.15, 0.2) is 0 Å². The van der Waals surface area contributed by atoms with Crippen LogP contribution >= 0.6 is 11.5 Å². The fraction of sp³-hybridized carbons (Fsp3) is 0.444. The zero-order valence-electron chi connectivity index (χ0n) is 14.4. The Morgan fingerprint density at radius 2 is 1.92 bits per heavy atom. The molecule has 0 unspecified atom stereocenters. The standard InChI is InChI=1S/C18H23N3O3S/c1-2-23-18(22)21-11-9-20(10-12-21)13-14-24-16-5-3-15(4-6-16)17-7-8-19-25-17/h3-8H,2,9-14H2,1H3. The predicted octanol–water partition coefficient (Wildman–Crippen LogP) is 2.96. The third-order valence-corrected chi connectivity index (χ3v) is 4.95. The first-order valence-corrected chi connectivity index (χ1v) is 9.31. The van der Waals surface area contributed by atoms with Crippen LogP contribution in [0.4, 0.5) is 4.79 Å². The number of hydrogen-bond acceptors (Lipinski definition) is 6. The maximum Gasteiger partial charge on any atom is 0.409 e. The average molecular weight is 361 g/mol. The number of benzene rings is 1. The highest BCUT2D eigenvalue weighted by Gasteiger charge is 2.21. The summed E-state index contributed by atoms with van der Waals surface area (Å²) < 4.78 is 15.0. The van der Waals surface area contributed by atoms with Gasteiger partial charge < -0.3 is 14.4 Å². The maximum absolute atomic E-state index is 11.7. The Hall–Kier alpha value is -2.12. The molecule has 1 amide bonds. The monoisotopic (exact) mass is 361 g/mol. The Morgan fingerprint density at radius 3 is 2.56 bits per heavy atom. The second-order valence-electron chi connectivity index (χ2n) is 5.78. The van der Waals surface area contributed by atoms with Crippen LogP contribution in [0.3, 0.4) is 0 Å². The number of amides is 1. The molecule has 0 atom stereocenters. The topological polar surface area (TPSA) is 54.9 Å². The van der Waals surface area contributed by atoms with E-state index >= 15 is 0 Å². The molecule has 25 heavy (non-hydrogen) atoms. The van der Waals surface area contributed by atoms with E-state index in [0.717, 1.165) is 35.8 Å². The lowest BCUT2D eigenvalue weighted by Crippen LogP contribution is -2.49. The molecular formula is C18H23N3O3S. The molecule has 0 aliphatic carbocycles. The van der Waals surface area contributed by atoms with Crippen LogP contribution in [0.5, 0.6) is 5.75 Å². The van der Waals surface area contributed by atoms with Crippen LogP contribution in [0.15, 0.2) is 36.5 Å². The summed E-state index contributed by atoms with van der Waals surface area (Å²) >= 11 is 1.49. The minimum atomic E-state index is -0.209. The third kappa shape index (κ3) is 4.93. The van der Waals surface area contributed by atoms with E-state index in [4.69, 9.17) is 9.47 Å². The zero-order chi connectivity index (χ0) is 17.5. The second kappa shape index (κ2) is 8.82. The summed E-state index contributed by atoms with van der Waals surface area (Å²) in [5.74, 6) is 0.874. The van der Waals surface area contributed by atoms with Crippen LogP contribution in [0.1, 0.15) is 6.92 Å². The number of carbonyl (C=O) groups is 1. The quantitative estimate of drug-likeness (QED) is 0.792. The summed E-state index contributed by atoms with van der Waals surface area (Å²) in [6.07, 6.45) is 1.60. The Bertz CT molecular complexity index is 653. The number of hydrogen-bond donors (Lipinski definition) is 0. The van der Waals surface area contributed by atoms with Crippen molar-refractivity contribution in [1.82, 2.24) is 14.2 Å². The van der Waals surface area contributed by atoms with Crippen molar-refractivity contribution < 1.29 is 14.3 Å². The molecule has 2 aromatic rings. The van der Waals surface area contributed by atoms with Crippen LogP contribution in [-0.4, -0.2) is 66.2 Å². The molecule has 0 N–H and O–H groups in total. The minimum Gasteiger partial charge on any atom is -0.492 e. The molecular weight excluding hydrogens is 338 g/mol. The van der Waals surface area contributed by atoms with Crippen LogP contribution in [-0.2, 0) is 4.74 Å². The van der Waals surface area contributed by atoms with Gasteiger partial charge in [-0.2, -0.15) is 0 Å². The summed E-state index contributed by atoms with van der Waals surface area (Å²) in [5, 5.41) is 0. The molecule has 0 radical (unpaired) electrons. The number of piperazine rings is 1. The van der Waals surface area contributed by atoms with E-state index in [1.165, 1.54) is 11.5 Å². The summed E-state index contributed by atoms with van der Waals surface area (Å²) in [6, 6.07) is 10.1. The molecule has 1 aliphatic heterocycles. The van der Waals surface area contributed by atoms with Gasteiger partial charge in [0.25, 0.3) is 0 Å². The average Bonchev–Trinajstić information content (AvgIpc) is 3.18. The van der Waals surface area contributed by atoms with E-state index in [1.54, 1.807) is 4.90 Å². The first kappa shape index (κ1) is 17.7. The van der Waals surface area contributed by atoms with Crippen molar-refractivity contribution in [3.63, 3.8) is 0 Å². The summed E-state index contributed by atoms with van der Waals surface area (Å²) in [6.45, 7) is 6.88. The molecule has 0 bridgehead atoms. The number of nitrogens with zero attached hydrogens (tertiary/aromatic N) is 3. The number of aromatic nitrogens is 1. The van der Waals surface area contributed by atoms with Gasteiger partial charge in [-0.3, -0.25) is 4.90 Å². The highest BCUT2D eigenvalue weighted by Crippen LogP contribution is 2.24. The van der Waals surface area contributed by atoms with E-state index in [1.807, 2.05) is 31.3 Å². The van der Waals surface area contributed by atoms with Crippen LogP contribution < -0.4 is 4.74 Å². The minimum absolute atomic E-state index is 0.209. The third-order valence-electron chi connectivity index (χ3n) is 4.15. The van der Waals surface area contributed by atoms with Gasteiger partial charge in [-0.25, -0.2) is 9.17 Å². The zero-order valence-corrected chi connectivity index (χ0v) is 15.2. The molecule has 134 valence electrons. The van der Waals surface area contributed by atoms with Crippen LogP contribution in [0.2, 0.25) is 0 Å². The van der Waals surface area contributed by atoms with Crippen LogP contribution in [0.25, 0.3) is 10.4 Å². The number of carbonyl (C=O) groups excluding carboxylic acids is 1. The normalized spacial score (nSPS) is 15.2. The number of ether oxygens (including phenoxy) is 2. The summed E-state index contributed by atoms with van der Waals surface area (Å²) in [7, 11) is 0. The lowest BCUT2D eigenvalue weighted by Gasteiger charge is -2.33. The van der Waals surface area contributed by atoms with Crippen molar-refractivity contribution in [3.8, 4) is 16.2 Å². The first-order chi connectivity index (χ1) is 12.3. The second-order valence-corrected chi connectivity index (χ2v) is 6.61. The van der Waals surface area contributed by atoms with Crippen molar-refractivity contribution in [2.75, 3.05) is 45.9 Å². The molecule has 3 rings (SSSR count). The fourth-order valence-corrected chi connectivity index (χ4v) is 3.34. The molecule has 1 fully saturated rings. The Labute approximate surface area is 152 Å². The summed E-state index contributed by atoms with van der Waals surface area (Å²) in [4.78, 5) is 16.9. The van der Waals surface area contributed by atoms with E-state index in [-0.39, 0.29) is 6.09 Å². The molecule has 0 saturated carbocycles. The van der Waals surface area contributed by atoms with Crippen molar-refractivity contribution in [2.24, 2.45) is 0 Å². The highest BCUT2D eigenvalue weighted by atomic mass is 32.1. The molecule has 2 heterocycles. The van der Waals surface area contributed by atoms with Crippen LogP contribution in [0, 0.1) is 0 Å². The van der Waals surface area contributed by atoms with E-state index in [0.29, 0.717) is 26.3 Å². The summed E-state index contributed by atoms with van der Waals surface area (Å²) in [5.41, 5.74) is 1.16. The first-order valence-electron chi connectivity index (χ1n) is 8.54. The van der Waals surface area contributed by atoms with E-state index < -0.39 is 0 Å². The Balaban J connectivity index is 1.38. The highest BCUT2D eigenvalue weighted by molar-refractivity contribution is 7.09. The van der Waals surface area contributed by atoms with Gasteiger partial charge in [0.05, 0.1) is 11.5 Å². The van der Waals surface area contributed by atoms with Crippen molar-refractivity contribution in [3.05, 3.63) is 36.5 Å². The van der Waals surface area contributed by atoms with Crippen molar-refractivity contribution in [2.45, 2.75) is 6.92 Å². The number of rotatable bonds is 6. The molecule has 1 saturated heterocycles. The van der Waals surface area contributed by atoms with E-state index in [9.17, 15) is 4.79 Å². The molecule has 1 aliphatic rings. The SMILES string of the molecule is CCOC(=O)N1CCN(CCOc2ccc(-c3ccns3)cc2)CC1. The van der Waals surface area contributed by atoms with E-state index in [2.05, 4.69) is 21.4 Å². The van der Waals surface area contributed by atoms with Crippen molar-refractivity contribution in [1.29, 1.82) is 0 Å². The van der Waals surface area contributed by atoms with Gasteiger partial charge in [-0.15, -0.1) is 0 Å². The maximum atomic E-state index is 11.7. The Morgan fingerprint density at radius 1 is 1.16 bits per heavy atom. The van der Waals surface area contributed by atoms with Gasteiger partial charge in [-0.1, -0.05) is 0 Å². The van der Waals surface area contributed by atoms with Crippen molar-refractivity contribution >= 4 is 17.6 Å². The molecule has 1 aromatic carbocycles. The lowest BCUT2D eigenvalue weighted by molar-refractivity contribution is 0.0757. The van der Waals surface area contributed by atoms with Gasteiger partial charge in [0.1, 0.15) is 12.4 Å². The van der Waals surface area contributed by atoms with Gasteiger partial charge in [0.2, 0.25) is 0 Å². The van der Waals surface area contributed by atoms with Gasteiger partial charge in [0, 0.05) is 38.9 Å². The fourth-order valence-electron chi connectivity index (χ4n) is 2.74. The largest absolute Gasteiger partial charge is 0.492 e. The molecule has 7 heteroatoms. The smallest absolute Gasteiger partial charge is 0.409 e. The molecule has 6 nitrogen and oxygen atoms in total. The van der Waals surface area contributed by atoms with Gasteiger partial charge >= 0.3 is 6.09 Å². The predicted molar refractivity (Wildman–Crippen MR) is 98.1 cm³/mol. The van der Waals surface area contributed by atoms with Gasteiger partial charge in [-0.05, 0) is 54.4 Å². The molecule has 1 aromatic heterocycles. The lowest BCUT2D eigenvalue weighted by atomic mass is 10.2.